The quantitative estimate of drug-likeness (QED) is 0.414. The summed E-state index contributed by atoms with van der Waals surface area (Å²) in [5, 5.41) is 0. The Morgan fingerprint density at radius 3 is 2.53 bits per heavy atom. The average molecular weight is 400 g/mol. The Labute approximate surface area is 174 Å². The van der Waals surface area contributed by atoms with Crippen LogP contribution in [-0.2, 0) is 0 Å². The van der Waals surface area contributed by atoms with Crippen LogP contribution >= 0.6 is 0 Å². The van der Waals surface area contributed by atoms with Gasteiger partial charge in [0.15, 0.2) is 18.1 Å². The number of carbonyl (C=O) groups is 2. The number of ketones is 2. The van der Waals surface area contributed by atoms with E-state index in [1.165, 1.54) is 0 Å². The number of Topliss-reactive ketones (excluding diaryl/α,β-unsaturated/α-hetero) is 2. The van der Waals surface area contributed by atoms with Gasteiger partial charge in [0.25, 0.3) is 0 Å². The Kier molecular flexibility index (Phi) is 5.61. The molecule has 0 bridgehead atoms. The third kappa shape index (κ3) is 4.10. The first-order valence-corrected chi connectivity index (χ1v) is 9.67. The van der Waals surface area contributed by atoms with E-state index in [2.05, 4.69) is 0 Å². The molecule has 4 rings (SSSR count). The number of hydrogen-bond donors (Lipinski definition) is 0. The molecule has 1 aliphatic heterocycles. The van der Waals surface area contributed by atoms with Crippen LogP contribution in [0, 0.1) is 0 Å². The number of allylic oxidation sites excluding steroid dienone is 1. The van der Waals surface area contributed by atoms with E-state index in [0.717, 1.165) is 5.56 Å². The molecule has 0 atom stereocenters. The van der Waals surface area contributed by atoms with Crippen LogP contribution in [0.25, 0.3) is 6.08 Å². The Morgan fingerprint density at radius 2 is 1.73 bits per heavy atom. The van der Waals surface area contributed by atoms with Gasteiger partial charge in [-0.15, -0.1) is 0 Å². The zero-order valence-corrected chi connectivity index (χ0v) is 16.5. The summed E-state index contributed by atoms with van der Waals surface area (Å²) < 4.78 is 17.0. The molecular weight excluding hydrogens is 380 g/mol. The van der Waals surface area contributed by atoms with Crippen molar-refractivity contribution in [2.24, 2.45) is 0 Å². The molecule has 3 aromatic rings. The van der Waals surface area contributed by atoms with Crippen molar-refractivity contribution < 1.29 is 23.8 Å². The molecule has 150 valence electrons. The van der Waals surface area contributed by atoms with Gasteiger partial charge in [0, 0.05) is 17.2 Å². The van der Waals surface area contributed by atoms with Crippen molar-refractivity contribution in [3.8, 4) is 17.2 Å². The number of ether oxygens (including phenoxy) is 3. The highest BCUT2D eigenvalue weighted by molar-refractivity contribution is 6.14. The van der Waals surface area contributed by atoms with Crippen molar-refractivity contribution >= 4 is 17.6 Å². The summed E-state index contributed by atoms with van der Waals surface area (Å²) in [6.45, 7) is 2.33. The number of benzene rings is 3. The van der Waals surface area contributed by atoms with Crippen molar-refractivity contribution in [2.45, 2.75) is 6.92 Å². The summed E-state index contributed by atoms with van der Waals surface area (Å²) in [6.07, 6.45) is 1.67. The summed E-state index contributed by atoms with van der Waals surface area (Å²) in [5.74, 6) is 1.44. The number of fused-ring (bicyclic) bond motifs is 1. The Hall–Kier alpha value is -3.86. The Bertz CT molecular complexity index is 1120. The molecule has 1 heterocycles. The second-order valence-corrected chi connectivity index (χ2v) is 6.65. The summed E-state index contributed by atoms with van der Waals surface area (Å²) in [4.78, 5) is 24.9. The minimum absolute atomic E-state index is 0.0961. The monoisotopic (exact) mass is 400 g/mol. The largest absolute Gasteiger partial charge is 0.493 e. The lowest BCUT2D eigenvalue weighted by Gasteiger charge is -2.07. The van der Waals surface area contributed by atoms with E-state index in [0.29, 0.717) is 35.0 Å². The molecule has 5 nitrogen and oxygen atoms in total. The fraction of sp³-hybridized carbons (Fsp3) is 0.120. The Balaban J connectivity index is 1.50. The molecule has 0 saturated carbocycles. The minimum atomic E-state index is -0.205. The van der Waals surface area contributed by atoms with Crippen LogP contribution in [0.5, 0.6) is 17.2 Å². The SMILES string of the molecule is CCOc1ccccc1/C=C1\Oc2cc(OCC(=O)c3ccccc3)ccc2C1=O. The van der Waals surface area contributed by atoms with E-state index >= 15 is 0 Å². The predicted molar refractivity (Wildman–Crippen MR) is 113 cm³/mol. The van der Waals surface area contributed by atoms with E-state index in [9.17, 15) is 9.59 Å². The van der Waals surface area contributed by atoms with Crippen LogP contribution in [0.4, 0.5) is 0 Å². The van der Waals surface area contributed by atoms with Crippen LogP contribution in [0.15, 0.2) is 78.6 Å². The highest BCUT2D eigenvalue weighted by Crippen LogP contribution is 2.35. The lowest BCUT2D eigenvalue weighted by atomic mass is 10.1. The topological polar surface area (TPSA) is 61.8 Å². The molecular formula is C25H20O5. The summed E-state index contributed by atoms with van der Waals surface area (Å²) in [6, 6.07) is 21.3. The van der Waals surface area contributed by atoms with Gasteiger partial charge in [0.2, 0.25) is 5.78 Å². The molecule has 0 radical (unpaired) electrons. The molecule has 3 aromatic carbocycles. The fourth-order valence-corrected chi connectivity index (χ4v) is 3.14. The van der Waals surface area contributed by atoms with Crippen molar-refractivity contribution in [3.63, 3.8) is 0 Å². The molecule has 0 N–H and O–H groups in total. The highest BCUT2D eigenvalue weighted by atomic mass is 16.5. The molecule has 0 fully saturated rings. The first-order chi connectivity index (χ1) is 14.7. The zero-order valence-electron chi connectivity index (χ0n) is 16.5. The van der Waals surface area contributed by atoms with E-state index in [1.807, 2.05) is 37.3 Å². The van der Waals surface area contributed by atoms with Crippen molar-refractivity contribution in [2.75, 3.05) is 13.2 Å². The van der Waals surface area contributed by atoms with Crippen LogP contribution in [0.2, 0.25) is 0 Å². The third-order valence-corrected chi connectivity index (χ3v) is 4.61. The van der Waals surface area contributed by atoms with Gasteiger partial charge in [-0.25, -0.2) is 0 Å². The molecule has 5 heteroatoms. The first-order valence-electron chi connectivity index (χ1n) is 9.67. The molecule has 1 aliphatic rings. The molecule has 0 unspecified atom stereocenters. The first kappa shape index (κ1) is 19.5. The number of carbonyl (C=O) groups excluding carboxylic acids is 2. The van der Waals surface area contributed by atoms with Gasteiger partial charge < -0.3 is 14.2 Å². The van der Waals surface area contributed by atoms with Gasteiger partial charge in [-0.2, -0.15) is 0 Å². The zero-order chi connectivity index (χ0) is 20.9. The molecule has 0 spiro atoms. The van der Waals surface area contributed by atoms with Gasteiger partial charge in [-0.05, 0) is 31.2 Å². The normalized spacial score (nSPS) is 13.6. The van der Waals surface area contributed by atoms with Gasteiger partial charge in [-0.3, -0.25) is 9.59 Å². The maximum Gasteiger partial charge on any atom is 0.231 e. The summed E-state index contributed by atoms with van der Waals surface area (Å²) in [5.41, 5.74) is 1.81. The standard InChI is InChI=1S/C25H20O5/c1-2-28-22-11-7-6-10-18(22)14-24-25(27)20-13-12-19(15-23(20)30-24)29-16-21(26)17-8-4-3-5-9-17/h3-15H,2,16H2,1H3/b24-14-. The van der Waals surface area contributed by atoms with E-state index < -0.39 is 0 Å². The highest BCUT2D eigenvalue weighted by Gasteiger charge is 2.28. The number of para-hydroxylation sites is 1. The second-order valence-electron chi connectivity index (χ2n) is 6.65. The van der Waals surface area contributed by atoms with Gasteiger partial charge in [0.05, 0.1) is 12.2 Å². The minimum Gasteiger partial charge on any atom is -0.493 e. The van der Waals surface area contributed by atoms with Crippen molar-refractivity contribution in [3.05, 3.63) is 95.2 Å². The summed E-state index contributed by atoms with van der Waals surface area (Å²) >= 11 is 0. The second kappa shape index (κ2) is 8.66. The van der Waals surface area contributed by atoms with Crippen molar-refractivity contribution in [1.29, 1.82) is 0 Å². The number of hydrogen-bond acceptors (Lipinski definition) is 5. The lowest BCUT2D eigenvalue weighted by Crippen LogP contribution is -2.11. The molecule has 0 aliphatic carbocycles. The average Bonchev–Trinajstić information content (AvgIpc) is 3.09. The maximum atomic E-state index is 12.7. The third-order valence-electron chi connectivity index (χ3n) is 4.61. The van der Waals surface area contributed by atoms with Gasteiger partial charge in [0.1, 0.15) is 17.2 Å². The molecule has 0 amide bonds. The van der Waals surface area contributed by atoms with Crippen LogP contribution in [-0.4, -0.2) is 24.8 Å². The van der Waals surface area contributed by atoms with Crippen molar-refractivity contribution in [1.82, 2.24) is 0 Å². The molecule has 30 heavy (non-hydrogen) atoms. The van der Waals surface area contributed by atoms with E-state index in [1.54, 1.807) is 48.5 Å². The molecule has 0 saturated heterocycles. The van der Waals surface area contributed by atoms with Crippen LogP contribution < -0.4 is 14.2 Å². The smallest absolute Gasteiger partial charge is 0.231 e. The van der Waals surface area contributed by atoms with Gasteiger partial charge in [-0.1, -0.05) is 48.5 Å². The van der Waals surface area contributed by atoms with Gasteiger partial charge >= 0.3 is 0 Å². The number of rotatable bonds is 7. The lowest BCUT2D eigenvalue weighted by molar-refractivity contribution is 0.0921. The molecule has 0 aromatic heterocycles. The van der Waals surface area contributed by atoms with Crippen LogP contribution in [0.3, 0.4) is 0 Å². The Morgan fingerprint density at radius 1 is 0.967 bits per heavy atom. The van der Waals surface area contributed by atoms with E-state index in [4.69, 9.17) is 14.2 Å². The fourth-order valence-electron chi connectivity index (χ4n) is 3.14. The van der Waals surface area contributed by atoms with E-state index in [-0.39, 0.29) is 23.9 Å². The maximum absolute atomic E-state index is 12.7. The predicted octanol–water partition coefficient (Wildman–Crippen LogP) is 4.96. The summed E-state index contributed by atoms with van der Waals surface area (Å²) in [7, 11) is 0. The van der Waals surface area contributed by atoms with Crippen LogP contribution in [0.1, 0.15) is 33.2 Å².